The number of benzene rings is 2. The zero-order valence-electron chi connectivity index (χ0n) is 15.0. The van der Waals surface area contributed by atoms with Gasteiger partial charge in [-0.3, -0.25) is 4.79 Å². The molecule has 136 valence electrons. The van der Waals surface area contributed by atoms with Crippen LogP contribution < -0.4 is 5.32 Å². The zero-order chi connectivity index (χ0) is 18.4. The molecule has 1 unspecified atom stereocenters. The van der Waals surface area contributed by atoms with E-state index >= 15 is 0 Å². The van der Waals surface area contributed by atoms with Gasteiger partial charge < -0.3 is 9.88 Å². The minimum Gasteiger partial charge on any atom is -0.347 e. The van der Waals surface area contributed by atoms with E-state index in [-0.39, 0.29) is 17.8 Å². The number of aromatic nitrogens is 2. The van der Waals surface area contributed by atoms with Crippen LogP contribution in [0.5, 0.6) is 0 Å². The maximum Gasteiger partial charge on any atom is 0.220 e. The fraction of sp³-hybridized carbons (Fsp3) is 0.333. The molecule has 1 atom stereocenters. The molecule has 0 bridgehead atoms. The molecule has 0 aliphatic rings. The van der Waals surface area contributed by atoms with Crippen LogP contribution in [0, 0.1) is 5.82 Å². The van der Waals surface area contributed by atoms with Gasteiger partial charge in [-0.1, -0.05) is 44.0 Å². The minimum absolute atomic E-state index is 0.0252. The van der Waals surface area contributed by atoms with E-state index in [1.54, 1.807) is 18.5 Å². The molecule has 0 spiro atoms. The number of nitrogens with zero attached hydrogens (tertiary/aromatic N) is 2. The van der Waals surface area contributed by atoms with Gasteiger partial charge in [0.05, 0.1) is 23.4 Å². The van der Waals surface area contributed by atoms with E-state index < -0.39 is 0 Å². The lowest BCUT2D eigenvalue weighted by Crippen LogP contribution is -2.31. The number of para-hydroxylation sites is 2. The number of halogens is 1. The van der Waals surface area contributed by atoms with Crippen LogP contribution in [0.2, 0.25) is 0 Å². The van der Waals surface area contributed by atoms with Crippen molar-refractivity contribution in [2.24, 2.45) is 0 Å². The standard InChI is InChI=1S/C21H24FN3O/c1-2-3-4-9-21(26)24-19(16-10-12-17(22)13-11-16)14-25-15-23-18-7-5-6-8-20(18)25/h5-8,10-13,15,19H,2-4,9,14H2,1H3,(H,24,26). The van der Waals surface area contributed by atoms with Crippen LogP contribution in [0.15, 0.2) is 54.9 Å². The van der Waals surface area contributed by atoms with Crippen LogP contribution in [0.1, 0.15) is 44.2 Å². The van der Waals surface area contributed by atoms with Gasteiger partial charge in [-0.05, 0) is 36.2 Å². The molecule has 2 aromatic carbocycles. The first-order chi connectivity index (χ1) is 12.7. The molecule has 3 aromatic rings. The molecule has 1 heterocycles. The maximum absolute atomic E-state index is 13.3. The molecule has 0 aliphatic carbocycles. The average Bonchev–Trinajstić information content (AvgIpc) is 3.05. The maximum atomic E-state index is 13.3. The number of rotatable bonds is 8. The average molecular weight is 353 g/mol. The van der Waals surface area contributed by atoms with Crippen LogP contribution in [0.25, 0.3) is 11.0 Å². The molecule has 0 fully saturated rings. The van der Waals surface area contributed by atoms with Crippen molar-refractivity contribution in [3.63, 3.8) is 0 Å². The highest BCUT2D eigenvalue weighted by atomic mass is 19.1. The third-order valence-electron chi connectivity index (χ3n) is 4.52. The zero-order valence-corrected chi connectivity index (χ0v) is 15.0. The molecule has 1 aromatic heterocycles. The smallest absolute Gasteiger partial charge is 0.220 e. The minimum atomic E-state index is -0.283. The molecule has 0 saturated heterocycles. The monoisotopic (exact) mass is 353 g/mol. The van der Waals surface area contributed by atoms with Crippen molar-refractivity contribution in [2.75, 3.05) is 0 Å². The summed E-state index contributed by atoms with van der Waals surface area (Å²) in [6.45, 7) is 2.66. The Morgan fingerprint density at radius 2 is 1.92 bits per heavy atom. The van der Waals surface area contributed by atoms with Gasteiger partial charge in [0.1, 0.15) is 5.82 Å². The highest BCUT2D eigenvalue weighted by Gasteiger charge is 2.16. The quantitative estimate of drug-likeness (QED) is 0.601. The van der Waals surface area contributed by atoms with Gasteiger partial charge in [-0.2, -0.15) is 0 Å². The SMILES string of the molecule is CCCCCC(=O)NC(Cn1cnc2ccccc21)c1ccc(F)cc1. The van der Waals surface area contributed by atoms with E-state index in [2.05, 4.69) is 17.2 Å². The number of hydrogen-bond donors (Lipinski definition) is 1. The summed E-state index contributed by atoms with van der Waals surface area (Å²) in [5, 5.41) is 3.10. The number of nitrogens with one attached hydrogen (secondary N) is 1. The van der Waals surface area contributed by atoms with Crippen molar-refractivity contribution < 1.29 is 9.18 Å². The lowest BCUT2D eigenvalue weighted by molar-refractivity contribution is -0.122. The van der Waals surface area contributed by atoms with E-state index in [0.29, 0.717) is 13.0 Å². The van der Waals surface area contributed by atoms with Crippen molar-refractivity contribution in [3.05, 3.63) is 66.2 Å². The van der Waals surface area contributed by atoms with Crippen molar-refractivity contribution in [1.29, 1.82) is 0 Å². The summed E-state index contributed by atoms with van der Waals surface area (Å²) in [6.07, 6.45) is 5.30. The summed E-state index contributed by atoms with van der Waals surface area (Å²) in [5.41, 5.74) is 2.81. The molecular formula is C21H24FN3O. The highest BCUT2D eigenvalue weighted by Crippen LogP contribution is 2.20. The van der Waals surface area contributed by atoms with Crippen molar-refractivity contribution in [2.45, 2.75) is 45.2 Å². The van der Waals surface area contributed by atoms with Crippen molar-refractivity contribution in [3.8, 4) is 0 Å². The molecule has 3 rings (SSSR count). The fourth-order valence-electron chi connectivity index (χ4n) is 3.08. The Labute approximate surface area is 153 Å². The largest absolute Gasteiger partial charge is 0.347 e. The topological polar surface area (TPSA) is 46.9 Å². The van der Waals surface area contributed by atoms with Gasteiger partial charge in [0.15, 0.2) is 0 Å². The molecule has 1 N–H and O–H groups in total. The summed E-state index contributed by atoms with van der Waals surface area (Å²) >= 11 is 0. The molecule has 5 heteroatoms. The van der Waals surface area contributed by atoms with Crippen LogP contribution in [0.4, 0.5) is 4.39 Å². The van der Waals surface area contributed by atoms with Crippen LogP contribution >= 0.6 is 0 Å². The van der Waals surface area contributed by atoms with Crippen LogP contribution in [-0.2, 0) is 11.3 Å². The lowest BCUT2D eigenvalue weighted by Gasteiger charge is -2.20. The van der Waals surface area contributed by atoms with Crippen molar-refractivity contribution >= 4 is 16.9 Å². The molecule has 4 nitrogen and oxygen atoms in total. The third kappa shape index (κ3) is 4.48. The Bertz CT molecular complexity index is 857. The van der Waals surface area contributed by atoms with Gasteiger partial charge >= 0.3 is 0 Å². The predicted octanol–water partition coefficient (Wildman–Crippen LogP) is 4.61. The first-order valence-electron chi connectivity index (χ1n) is 9.12. The summed E-state index contributed by atoms with van der Waals surface area (Å²) < 4.78 is 15.3. The van der Waals surface area contributed by atoms with Gasteiger partial charge in [0, 0.05) is 13.0 Å². The lowest BCUT2D eigenvalue weighted by atomic mass is 10.1. The summed E-state index contributed by atoms with van der Waals surface area (Å²) in [4.78, 5) is 16.8. The molecule has 0 saturated carbocycles. The Hall–Kier alpha value is -2.69. The third-order valence-corrected chi connectivity index (χ3v) is 4.52. The van der Waals surface area contributed by atoms with Gasteiger partial charge in [-0.25, -0.2) is 9.37 Å². The van der Waals surface area contributed by atoms with E-state index in [4.69, 9.17) is 0 Å². The second-order valence-corrected chi connectivity index (χ2v) is 6.51. The Kier molecular flexibility index (Phi) is 6.00. The first kappa shape index (κ1) is 18.1. The molecule has 0 aliphatic heterocycles. The number of carbonyl (C=O) groups is 1. The predicted molar refractivity (Wildman–Crippen MR) is 101 cm³/mol. The van der Waals surface area contributed by atoms with Crippen LogP contribution in [-0.4, -0.2) is 15.5 Å². The van der Waals surface area contributed by atoms with Gasteiger partial charge in [-0.15, -0.1) is 0 Å². The number of unbranched alkanes of at least 4 members (excludes halogenated alkanes) is 2. The molecule has 1 amide bonds. The number of fused-ring (bicyclic) bond motifs is 1. The fourth-order valence-corrected chi connectivity index (χ4v) is 3.08. The summed E-state index contributed by atoms with van der Waals surface area (Å²) in [5.74, 6) is -0.257. The van der Waals surface area contributed by atoms with Gasteiger partial charge in [0.25, 0.3) is 0 Å². The van der Waals surface area contributed by atoms with Crippen LogP contribution in [0.3, 0.4) is 0 Å². The van der Waals surface area contributed by atoms with E-state index in [9.17, 15) is 9.18 Å². The summed E-state index contributed by atoms with van der Waals surface area (Å²) in [6, 6.07) is 14.0. The van der Waals surface area contributed by atoms with Crippen molar-refractivity contribution in [1.82, 2.24) is 14.9 Å². The van der Waals surface area contributed by atoms with E-state index in [1.165, 1.54) is 12.1 Å². The molecular weight excluding hydrogens is 329 g/mol. The van der Waals surface area contributed by atoms with E-state index in [1.807, 2.05) is 28.8 Å². The second kappa shape index (κ2) is 8.61. The highest BCUT2D eigenvalue weighted by molar-refractivity contribution is 5.77. The summed E-state index contributed by atoms with van der Waals surface area (Å²) in [7, 11) is 0. The Balaban J connectivity index is 1.80. The number of carbonyl (C=O) groups excluding carboxylic acids is 1. The first-order valence-corrected chi connectivity index (χ1v) is 9.12. The number of hydrogen-bond acceptors (Lipinski definition) is 2. The van der Waals surface area contributed by atoms with E-state index in [0.717, 1.165) is 35.9 Å². The molecule has 26 heavy (non-hydrogen) atoms. The Morgan fingerprint density at radius 3 is 2.69 bits per heavy atom. The normalized spacial score (nSPS) is 12.2. The molecule has 0 radical (unpaired) electrons. The number of imidazole rings is 1. The number of amides is 1. The second-order valence-electron chi connectivity index (χ2n) is 6.51. The Morgan fingerprint density at radius 1 is 1.15 bits per heavy atom. The van der Waals surface area contributed by atoms with Gasteiger partial charge in [0.2, 0.25) is 5.91 Å².